The van der Waals surface area contributed by atoms with E-state index in [1.165, 1.54) is 0 Å². The average molecular weight is 304 g/mol. The Kier molecular flexibility index (Phi) is 5.07. The summed E-state index contributed by atoms with van der Waals surface area (Å²) in [7, 11) is 1.74. The number of hydrogen-bond acceptors (Lipinski definition) is 4. The van der Waals surface area contributed by atoms with Gasteiger partial charge < -0.3 is 10.2 Å². The zero-order valence-corrected chi connectivity index (χ0v) is 13.3. The van der Waals surface area contributed by atoms with E-state index in [0.29, 0.717) is 6.54 Å². The van der Waals surface area contributed by atoms with Gasteiger partial charge in [-0.2, -0.15) is 18.2 Å². The minimum atomic E-state index is -4.49. The first-order valence-corrected chi connectivity index (χ1v) is 6.89. The van der Waals surface area contributed by atoms with Crippen LogP contribution in [0.4, 0.5) is 24.9 Å². The van der Waals surface area contributed by atoms with E-state index in [-0.39, 0.29) is 23.2 Å². The van der Waals surface area contributed by atoms with Gasteiger partial charge in [0.1, 0.15) is 5.82 Å². The Labute approximate surface area is 123 Å². The molecule has 1 heterocycles. The van der Waals surface area contributed by atoms with Crippen LogP contribution in [0.25, 0.3) is 0 Å². The molecular formula is C14H23F3N4. The van der Waals surface area contributed by atoms with Crippen LogP contribution in [-0.2, 0) is 6.18 Å². The molecule has 0 aliphatic rings. The number of nitrogens with one attached hydrogen (secondary N) is 1. The average Bonchev–Trinajstić information content (AvgIpc) is 2.35. The first-order chi connectivity index (χ1) is 9.46. The van der Waals surface area contributed by atoms with Gasteiger partial charge in [0.25, 0.3) is 0 Å². The van der Waals surface area contributed by atoms with Crippen molar-refractivity contribution in [3.05, 3.63) is 11.8 Å². The first-order valence-electron chi connectivity index (χ1n) is 6.89. The monoisotopic (exact) mass is 304 g/mol. The van der Waals surface area contributed by atoms with E-state index in [1.54, 1.807) is 18.9 Å². The van der Waals surface area contributed by atoms with Crippen LogP contribution in [0, 0.1) is 5.41 Å². The molecule has 0 saturated carbocycles. The Bertz CT molecular complexity index is 480. The van der Waals surface area contributed by atoms with Crippen LogP contribution >= 0.6 is 0 Å². The predicted octanol–water partition coefficient (Wildman–Crippen LogP) is 3.80. The van der Waals surface area contributed by atoms with Crippen LogP contribution in [-0.4, -0.2) is 29.6 Å². The third-order valence-corrected chi connectivity index (χ3v) is 3.53. The topological polar surface area (TPSA) is 41.1 Å². The third kappa shape index (κ3) is 4.47. The minimum Gasteiger partial charge on any atom is -0.356 e. The lowest BCUT2D eigenvalue weighted by molar-refractivity contribution is -0.141. The molecule has 1 atom stereocenters. The van der Waals surface area contributed by atoms with E-state index in [9.17, 15) is 13.2 Å². The Morgan fingerprint density at radius 1 is 1.24 bits per heavy atom. The number of alkyl halides is 3. The van der Waals surface area contributed by atoms with Crippen LogP contribution < -0.4 is 10.2 Å². The van der Waals surface area contributed by atoms with Crippen LogP contribution in [0.3, 0.4) is 0 Å². The van der Waals surface area contributed by atoms with Crippen molar-refractivity contribution >= 4 is 11.8 Å². The van der Waals surface area contributed by atoms with Crippen LogP contribution in [0.15, 0.2) is 6.07 Å². The molecule has 0 radical (unpaired) electrons. The van der Waals surface area contributed by atoms with Crippen molar-refractivity contribution < 1.29 is 13.2 Å². The number of anilines is 2. The predicted molar refractivity (Wildman–Crippen MR) is 78.5 cm³/mol. The summed E-state index contributed by atoms with van der Waals surface area (Å²) < 4.78 is 38.9. The van der Waals surface area contributed by atoms with Crippen molar-refractivity contribution in [2.75, 3.05) is 23.8 Å². The second-order valence-electron chi connectivity index (χ2n) is 6.12. The van der Waals surface area contributed by atoms with Crippen molar-refractivity contribution in [1.29, 1.82) is 0 Å². The van der Waals surface area contributed by atoms with Crippen molar-refractivity contribution in [2.45, 2.75) is 46.8 Å². The zero-order chi connectivity index (χ0) is 16.4. The van der Waals surface area contributed by atoms with E-state index >= 15 is 0 Å². The van der Waals surface area contributed by atoms with E-state index in [0.717, 1.165) is 6.07 Å². The van der Waals surface area contributed by atoms with Gasteiger partial charge in [0.2, 0.25) is 5.95 Å². The van der Waals surface area contributed by atoms with Gasteiger partial charge >= 0.3 is 6.18 Å². The number of hydrogen-bond donors (Lipinski definition) is 1. The fourth-order valence-corrected chi connectivity index (χ4v) is 1.78. The van der Waals surface area contributed by atoms with E-state index < -0.39 is 11.9 Å². The Morgan fingerprint density at radius 3 is 2.24 bits per heavy atom. The fourth-order valence-electron chi connectivity index (χ4n) is 1.78. The van der Waals surface area contributed by atoms with Gasteiger partial charge in [0, 0.05) is 25.7 Å². The molecule has 0 aliphatic carbocycles. The maximum absolute atomic E-state index is 13.0. The third-order valence-electron chi connectivity index (χ3n) is 3.53. The Morgan fingerprint density at radius 2 is 1.81 bits per heavy atom. The molecule has 1 aromatic rings. The van der Waals surface area contributed by atoms with Crippen LogP contribution in [0.1, 0.15) is 40.3 Å². The summed E-state index contributed by atoms with van der Waals surface area (Å²) in [4.78, 5) is 9.45. The number of halogens is 3. The molecule has 0 spiro atoms. The number of rotatable bonds is 4. The quantitative estimate of drug-likeness (QED) is 0.918. The first kappa shape index (κ1) is 17.5. The number of nitrogens with zero attached hydrogens (tertiary/aromatic N) is 3. The second kappa shape index (κ2) is 6.07. The highest BCUT2D eigenvalue weighted by Crippen LogP contribution is 2.32. The number of aromatic nitrogens is 2. The van der Waals surface area contributed by atoms with Gasteiger partial charge in [0.05, 0.1) is 0 Å². The molecule has 0 saturated heterocycles. The lowest BCUT2D eigenvalue weighted by Gasteiger charge is -2.36. The van der Waals surface area contributed by atoms with E-state index in [4.69, 9.17) is 0 Å². The highest BCUT2D eigenvalue weighted by molar-refractivity contribution is 5.46. The summed E-state index contributed by atoms with van der Waals surface area (Å²) in [6, 6.07) is 1.01. The molecule has 7 heteroatoms. The van der Waals surface area contributed by atoms with Crippen molar-refractivity contribution in [1.82, 2.24) is 9.97 Å². The molecule has 4 nitrogen and oxygen atoms in total. The highest BCUT2D eigenvalue weighted by Gasteiger charge is 2.35. The summed E-state index contributed by atoms with van der Waals surface area (Å²) in [5.74, 6) is 0.256. The van der Waals surface area contributed by atoms with Gasteiger partial charge in [-0.1, -0.05) is 20.8 Å². The van der Waals surface area contributed by atoms with E-state index in [2.05, 4.69) is 15.3 Å². The van der Waals surface area contributed by atoms with E-state index in [1.807, 2.05) is 27.7 Å². The van der Waals surface area contributed by atoms with Gasteiger partial charge in [0.15, 0.2) is 5.69 Å². The summed E-state index contributed by atoms with van der Waals surface area (Å²) >= 11 is 0. The van der Waals surface area contributed by atoms with Gasteiger partial charge in [-0.3, -0.25) is 0 Å². The maximum Gasteiger partial charge on any atom is 0.433 e. The van der Waals surface area contributed by atoms with Gasteiger partial charge in [-0.15, -0.1) is 0 Å². The minimum absolute atomic E-state index is 0.00437. The molecule has 0 aliphatic heterocycles. The summed E-state index contributed by atoms with van der Waals surface area (Å²) in [6.07, 6.45) is -4.49. The summed E-state index contributed by atoms with van der Waals surface area (Å²) in [5.41, 5.74) is -1.02. The van der Waals surface area contributed by atoms with Crippen molar-refractivity contribution in [2.24, 2.45) is 5.41 Å². The standard InChI is InChI=1S/C14H23F3N4/c1-7-18-12-19-10(14(15,16)17)8-11(20-12)21(6)9(2)13(3,4)5/h8-9H,7H2,1-6H3,(H,18,19,20). The zero-order valence-electron chi connectivity index (χ0n) is 13.3. The summed E-state index contributed by atoms with van der Waals surface area (Å²) in [6.45, 7) is 10.3. The summed E-state index contributed by atoms with van der Waals surface area (Å²) in [5, 5.41) is 2.74. The highest BCUT2D eigenvalue weighted by atomic mass is 19.4. The molecule has 120 valence electrons. The molecule has 1 aromatic heterocycles. The fraction of sp³-hybridized carbons (Fsp3) is 0.714. The normalized spacial score (nSPS) is 14.0. The molecular weight excluding hydrogens is 281 g/mol. The second-order valence-corrected chi connectivity index (χ2v) is 6.12. The molecule has 1 rings (SSSR count). The molecule has 0 bridgehead atoms. The van der Waals surface area contributed by atoms with Crippen molar-refractivity contribution in [3.8, 4) is 0 Å². The molecule has 1 unspecified atom stereocenters. The van der Waals surface area contributed by atoms with Crippen LogP contribution in [0.2, 0.25) is 0 Å². The van der Waals surface area contributed by atoms with Gasteiger partial charge in [-0.25, -0.2) is 4.98 Å². The molecule has 0 aromatic carbocycles. The lowest BCUT2D eigenvalue weighted by Crippen LogP contribution is -2.40. The molecule has 0 fully saturated rings. The lowest BCUT2D eigenvalue weighted by atomic mass is 9.87. The SMILES string of the molecule is CCNc1nc(N(C)C(C)C(C)(C)C)cc(C(F)(F)F)n1. The van der Waals surface area contributed by atoms with Crippen molar-refractivity contribution in [3.63, 3.8) is 0 Å². The largest absolute Gasteiger partial charge is 0.433 e. The Balaban J connectivity index is 3.25. The molecule has 21 heavy (non-hydrogen) atoms. The molecule has 1 N–H and O–H groups in total. The molecule has 0 amide bonds. The maximum atomic E-state index is 13.0. The Hall–Kier alpha value is -1.53. The smallest absolute Gasteiger partial charge is 0.356 e. The van der Waals surface area contributed by atoms with Crippen LogP contribution in [0.5, 0.6) is 0 Å². The van der Waals surface area contributed by atoms with Gasteiger partial charge in [-0.05, 0) is 19.3 Å².